The van der Waals surface area contributed by atoms with Crippen LogP contribution in [0.1, 0.15) is 42.5 Å². The van der Waals surface area contributed by atoms with Crippen LogP contribution in [0.5, 0.6) is 0 Å². The maximum Gasteiger partial charge on any atom is 0.223 e. The average molecular weight is 437 g/mol. The van der Waals surface area contributed by atoms with Crippen molar-refractivity contribution in [1.29, 1.82) is 0 Å². The highest BCUT2D eigenvalue weighted by molar-refractivity contribution is 5.79. The third-order valence-electron chi connectivity index (χ3n) is 6.93. The summed E-state index contributed by atoms with van der Waals surface area (Å²) in [5.74, 6) is 1.25. The van der Waals surface area contributed by atoms with Crippen LogP contribution in [-0.4, -0.2) is 67.1 Å². The van der Waals surface area contributed by atoms with E-state index in [-0.39, 0.29) is 17.9 Å². The molecule has 1 aromatic carbocycles. The van der Waals surface area contributed by atoms with Gasteiger partial charge in [0.25, 0.3) is 0 Å². The van der Waals surface area contributed by atoms with E-state index >= 15 is 0 Å². The van der Waals surface area contributed by atoms with E-state index in [0.717, 1.165) is 63.6 Å². The van der Waals surface area contributed by atoms with Gasteiger partial charge in [0.2, 0.25) is 5.91 Å². The van der Waals surface area contributed by atoms with Gasteiger partial charge in [0, 0.05) is 45.2 Å². The molecule has 0 spiro atoms. The highest BCUT2D eigenvalue weighted by Crippen LogP contribution is 2.31. The number of hydrogen-bond donors (Lipinski definition) is 1. The van der Waals surface area contributed by atoms with Crippen LogP contribution in [0.25, 0.3) is 0 Å². The molecule has 1 amide bonds. The van der Waals surface area contributed by atoms with Crippen molar-refractivity contribution in [2.45, 2.75) is 39.7 Å². The Kier molecular flexibility index (Phi) is 6.94. The van der Waals surface area contributed by atoms with Crippen LogP contribution in [0.15, 0.2) is 30.7 Å². The zero-order valence-electron chi connectivity index (χ0n) is 19.8. The molecule has 7 heteroatoms. The lowest BCUT2D eigenvalue weighted by Crippen LogP contribution is -2.46. The number of aryl methyl sites for hydroxylation is 2. The summed E-state index contributed by atoms with van der Waals surface area (Å²) in [6.07, 6.45) is 5.28. The first-order valence-corrected chi connectivity index (χ1v) is 11.8. The van der Waals surface area contributed by atoms with Crippen LogP contribution >= 0.6 is 0 Å². The molecule has 1 N–H and O–H groups in total. The molecular weight excluding hydrogens is 400 g/mol. The Labute approximate surface area is 191 Å². The molecular formula is C25H36N6O. The van der Waals surface area contributed by atoms with Crippen LogP contribution in [0, 0.1) is 19.8 Å². The molecule has 0 radical (unpaired) electrons. The summed E-state index contributed by atoms with van der Waals surface area (Å²) in [6.45, 7) is 12.0. The van der Waals surface area contributed by atoms with Crippen molar-refractivity contribution < 1.29 is 4.79 Å². The van der Waals surface area contributed by atoms with Gasteiger partial charge in [-0.1, -0.05) is 23.8 Å². The van der Waals surface area contributed by atoms with E-state index in [2.05, 4.69) is 76.0 Å². The molecule has 172 valence electrons. The number of amides is 1. The Balaban J connectivity index is 1.36. The quantitative estimate of drug-likeness (QED) is 0.778. The van der Waals surface area contributed by atoms with Crippen LogP contribution in [0.2, 0.25) is 0 Å². The lowest BCUT2D eigenvalue weighted by molar-refractivity contribution is -0.126. The van der Waals surface area contributed by atoms with Crippen molar-refractivity contribution in [3.63, 3.8) is 0 Å². The number of nitrogens with one attached hydrogen (secondary N) is 1. The van der Waals surface area contributed by atoms with Crippen LogP contribution < -0.4 is 15.1 Å². The van der Waals surface area contributed by atoms with Gasteiger partial charge in [-0.05, 0) is 51.8 Å². The van der Waals surface area contributed by atoms with Crippen molar-refractivity contribution in [1.82, 2.24) is 20.2 Å². The van der Waals surface area contributed by atoms with E-state index in [9.17, 15) is 4.79 Å². The minimum absolute atomic E-state index is 0.0208. The van der Waals surface area contributed by atoms with Crippen molar-refractivity contribution >= 4 is 17.4 Å². The zero-order chi connectivity index (χ0) is 22.7. The van der Waals surface area contributed by atoms with E-state index < -0.39 is 0 Å². The second-order valence-electron chi connectivity index (χ2n) is 9.37. The van der Waals surface area contributed by atoms with Gasteiger partial charge < -0.3 is 20.0 Å². The van der Waals surface area contributed by atoms with E-state index in [1.807, 2.05) is 6.20 Å². The van der Waals surface area contributed by atoms with Gasteiger partial charge >= 0.3 is 0 Å². The number of piperidine rings is 1. The van der Waals surface area contributed by atoms with Crippen molar-refractivity contribution in [3.05, 3.63) is 47.4 Å². The van der Waals surface area contributed by atoms with Gasteiger partial charge in [-0.2, -0.15) is 0 Å². The summed E-state index contributed by atoms with van der Waals surface area (Å²) in [6, 6.07) is 6.44. The normalized spacial score (nSPS) is 19.1. The third kappa shape index (κ3) is 5.04. The average Bonchev–Trinajstić information content (AvgIpc) is 2.79. The first-order chi connectivity index (χ1) is 15.4. The summed E-state index contributed by atoms with van der Waals surface area (Å²) < 4.78 is 0. The fourth-order valence-electron chi connectivity index (χ4n) is 4.90. The smallest absolute Gasteiger partial charge is 0.223 e. The van der Waals surface area contributed by atoms with E-state index in [4.69, 9.17) is 0 Å². The van der Waals surface area contributed by atoms with Gasteiger partial charge in [-0.25, -0.2) is 9.97 Å². The molecule has 4 rings (SSSR count). The largest absolute Gasteiger partial charge is 0.367 e. The van der Waals surface area contributed by atoms with Crippen molar-refractivity contribution in [3.8, 4) is 0 Å². The van der Waals surface area contributed by atoms with Crippen LogP contribution in [0.4, 0.5) is 11.5 Å². The van der Waals surface area contributed by atoms with Gasteiger partial charge in [0.15, 0.2) is 5.82 Å². The van der Waals surface area contributed by atoms with Crippen LogP contribution in [0.3, 0.4) is 0 Å². The molecule has 0 saturated carbocycles. The SMILES string of the molecule is Cc1ccc([C@H](C)NC(=O)C2CCN(c3cncnc3N3CCN(C)CC3)CC2)c(C)c1. The topological polar surface area (TPSA) is 64.6 Å². The Morgan fingerprint density at radius 1 is 1.06 bits per heavy atom. The van der Waals surface area contributed by atoms with Crippen molar-refractivity contribution in [2.24, 2.45) is 5.92 Å². The second kappa shape index (κ2) is 9.86. The fraction of sp³-hybridized carbons (Fsp3) is 0.560. The molecule has 7 nitrogen and oxygen atoms in total. The molecule has 2 fully saturated rings. The summed E-state index contributed by atoms with van der Waals surface area (Å²) in [4.78, 5) is 29.0. The number of anilines is 2. The maximum absolute atomic E-state index is 13.0. The predicted octanol–water partition coefficient (Wildman–Crippen LogP) is 2.94. The molecule has 2 aliphatic rings. The lowest BCUT2D eigenvalue weighted by Gasteiger charge is -2.38. The molecule has 3 heterocycles. The molecule has 1 aromatic heterocycles. The van der Waals surface area contributed by atoms with Gasteiger partial charge in [0.05, 0.1) is 17.9 Å². The summed E-state index contributed by atoms with van der Waals surface area (Å²) in [7, 11) is 2.16. The first kappa shape index (κ1) is 22.5. The van der Waals surface area contributed by atoms with E-state index in [0.29, 0.717) is 0 Å². The fourth-order valence-corrected chi connectivity index (χ4v) is 4.90. The molecule has 2 aliphatic heterocycles. The number of hydrogen-bond acceptors (Lipinski definition) is 6. The number of rotatable bonds is 5. The Hall–Kier alpha value is -2.67. The van der Waals surface area contributed by atoms with Gasteiger partial charge in [0.1, 0.15) is 6.33 Å². The number of nitrogens with zero attached hydrogens (tertiary/aromatic N) is 5. The second-order valence-corrected chi connectivity index (χ2v) is 9.37. The third-order valence-corrected chi connectivity index (χ3v) is 6.93. The molecule has 2 aromatic rings. The number of aromatic nitrogens is 2. The number of benzene rings is 1. The zero-order valence-corrected chi connectivity index (χ0v) is 19.8. The minimum atomic E-state index is 0.0208. The molecule has 32 heavy (non-hydrogen) atoms. The van der Waals surface area contributed by atoms with E-state index in [1.165, 1.54) is 16.7 Å². The molecule has 0 unspecified atom stereocenters. The minimum Gasteiger partial charge on any atom is -0.367 e. The summed E-state index contributed by atoms with van der Waals surface area (Å²) in [5, 5.41) is 3.25. The number of likely N-dealkylation sites (N-methyl/N-ethyl adjacent to an activating group) is 1. The lowest BCUT2D eigenvalue weighted by atomic mass is 9.94. The highest BCUT2D eigenvalue weighted by atomic mass is 16.1. The standard InChI is InChI=1S/C25H36N6O/c1-18-5-6-22(19(2)15-18)20(3)28-25(32)21-7-9-30(10-8-21)23-16-26-17-27-24(23)31-13-11-29(4)12-14-31/h5-6,15-17,20-21H,7-14H2,1-4H3,(H,28,32)/t20-/m0/s1. The molecule has 2 saturated heterocycles. The summed E-state index contributed by atoms with van der Waals surface area (Å²) >= 11 is 0. The van der Waals surface area contributed by atoms with Gasteiger partial charge in [-0.3, -0.25) is 4.79 Å². The predicted molar refractivity (Wildman–Crippen MR) is 129 cm³/mol. The van der Waals surface area contributed by atoms with E-state index in [1.54, 1.807) is 6.33 Å². The first-order valence-electron chi connectivity index (χ1n) is 11.8. The van der Waals surface area contributed by atoms with Crippen molar-refractivity contribution in [2.75, 3.05) is 56.1 Å². The number of carbonyl (C=O) groups excluding carboxylic acids is 1. The Bertz CT molecular complexity index is 932. The maximum atomic E-state index is 13.0. The highest BCUT2D eigenvalue weighted by Gasteiger charge is 2.29. The summed E-state index contributed by atoms with van der Waals surface area (Å²) in [5.41, 5.74) is 4.77. The van der Waals surface area contributed by atoms with Gasteiger partial charge in [-0.15, -0.1) is 0 Å². The molecule has 1 atom stereocenters. The molecule has 0 bridgehead atoms. The number of piperazine rings is 1. The van der Waals surface area contributed by atoms with Crippen LogP contribution in [-0.2, 0) is 4.79 Å². The number of carbonyl (C=O) groups is 1. The monoisotopic (exact) mass is 436 g/mol. The Morgan fingerprint density at radius 2 is 1.78 bits per heavy atom. The molecule has 0 aliphatic carbocycles. The Morgan fingerprint density at radius 3 is 2.47 bits per heavy atom.